The predicted molar refractivity (Wildman–Crippen MR) is 52.3 cm³/mol. The average molecular weight is 176 g/mol. The maximum atomic E-state index is 5.73. The predicted octanol–water partition coefficient (Wildman–Crippen LogP) is 1.37. The van der Waals surface area contributed by atoms with Crippen LogP contribution < -0.4 is 10.5 Å². The highest BCUT2D eigenvalue weighted by atomic mass is 16.5. The fourth-order valence-electron chi connectivity index (χ4n) is 0.866. The summed E-state index contributed by atoms with van der Waals surface area (Å²) in [6.07, 6.45) is 7.31. The molecule has 0 saturated heterocycles. The first-order valence-electron chi connectivity index (χ1n) is 4.03. The number of aromatic nitrogens is 1. The summed E-state index contributed by atoms with van der Waals surface area (Å²) < 4.78 is 5.28. The molecule has 1 aromatic heterocycles. The van der Waals surface area contributed by atoms with Gasteiger partial charge in [0.15, 0.2) is 0 Å². The zero-order chi connectivity index (χ0) is 9.68. The molecule has 0 aliphatic carbocycles. The molecule has 0 atom stereocenters. The van der Waals surface area contributed by atoms with E-state index in [1.165, 1.54) is 0 Å². The second kappa shape index (κ2) is 4.36. The molecule has 0 radical (unpaired) electrons. The Morgan fingerprint density at radius 2 is 2.46 bits per heavy atom. The quantitative estimate of drug-likeness (QED) is 0.559. The summed E-state index contributed by atoms with van der Waals surface area (Å²) >= 11 is 0. The number of nitrogens with two attached hydrogens (primary N) is 1. The number of rotatable bonds is 3. The molecule has 1 heterocycles. The Kier molecular flexibility index (Phi) is 3.15. The van der Waals surface area contributed by atoms with Gasteiger partial charge in [-0.1, -0.05) is 0 Å². The van der Waals surface area contributed by atoms with Crippen molar-refractivity contribution in [2.75, 3.05) is 12.3 Å². The van der Waals surface area contributed by atoms with E-state index < -0.39 is 0 Å². The lowest BCUT2D eigenvalue weighted by molar-refractivity contribution is 0.316. The van der Waals surface area contributed by atoms with Crippen LogP contribution >= 0.6 is 0 Å². The van der Waals surface area contributed by atoms with Gasteiger partial charge in [-0.3, -0.25) is 0 Å². The van der Waals surface area contributed by atoms with E-state index in [2.05, 4.69) is 10.9 Å². The molecule has 13 heavy (non-hydrogen) atoms. The molecule has 2 N–H and O–H groups in total. The van der Waals surface area contributed by atoms with Gasteiger partial charge in [0, 0.05) is 12.6 Å². The zero-order valence-corrected chi connectivity index (χ0v) is 7.58. The van der Waals surface area contributed by atoms with E-state index in [0.717, 1.165) is 5.56 Å². The number of anilines is 1. The lowest BCUT2D eigenvalue weighted by Crippen LogP contribution is -2.02. The molecular formula is C10H12N2O. The van der Waals surface area contributed by atoms with Crippen molar-refractivity contribution in [3.05, 3.63) is 17.8 Å². The third-order valence-electron chi connectivity index (χ3n) is 1.66. The molecule has 0 aromatic carbocycles. The van der Waals surface area contributed by atoms with E-state index in [0.29, 0.717) is 24.6 Å². The molecule has 1 rings (SSSR count). The number of pyridine rings is 1. The highest BCUT2D eigenvalue weighted by Gasteiger charge is 2.02. The molecule has 0 saturated carbocycles. The summed E-state index contributed by atoms with van der Waals surface area (Å²) in [6, 6.07) is 1.84. The molecule has 0 fully saturated rings. The van der Waals surface area contributed by atoms with Gasteiger partial charge in [-0.05, 0) is 18.6 Å². The van der Waals surface area contributed by atoms with Gasteiger partial charge in [-0.25, -0.2) is 4.98 Å². The Balaban J connectivity index is 2.67. The minimum Gasteiger partial charge on any atom is -0.475 e. The van der Waals surface area contributed by atoms with Gasteiger partial charge in [0.05, 0.1) is 5.69 Å². The summed E-state index contributed by atoms with van der Waals surface area (Å²) in [4.78, 5) is 4.00. The van der Waals surface area contributed by atoms with Gasteiger partial charge in [0.1, 0.15) is 6.61 Å². The molecule has 0 aliphatic rings. The summed E-state index contributed by atoms with van der Waals surface area (Å²) in [5, 5.41) is 0. The average Bonchev–Trinajstić information content (AvgIpc) is 2.13. The van der Waals surface area contributed by atoms with Crippen LogP contribution in [0.2, 0.25) is 0 Å². The number of aryl methyl sites for hydroxylation is 1. The lowest BCUT2D eigenvalue weighted by atomic mass is 10.2. The van der Waals surface area contributed by atoms with Gasteiger partial charge in [0.25, 0.3) is 0 Å². The first-order chi connectivity index (χ1) is 6.25. The highest BCUT2D eigenvalue weighted by Crippen LogP contribution is 2.20. The van der Waals surface area contributed by atoms with Crippen LogP contribution in [0.15, 0.2) is 12.3 Å². The fourth-order valence-corrected chi connectivity index (χ4v) is 0.866. The summed E-state index contributed by atoms with van der Waals surface area (Å²) in [5.41, 5.74) is 7.27. The van der Waals surface area contributed by atoms with E-state index in [9.17, 15) is 0 Å². The molecule has 68 valence electrons. The van der Waals surface area contributed by atoms with Crippen molar-refractivity contribution in [1.82, 2.24) is 4.98 Å². The lowest BCUT2D eigenvalue weighted by Gasteiger charge is -2.07. The molecule has 0 spiro atoms. The van der Waals surface area contributed by atoms with Crippen molar-refractivity contribution in [2.24, 2.45) is 0 Å². The molecule has 3 heteroatoms. The normalized spacial score (nSPS) is 9.23. The molecule has 0 bridgehead atoms. The van der Waals surface area contributed by atoms with Crippen molar-refractivity contribution in [3.63, 3.8) is 0 Å². The molecular weight excluding hydrogens is 164 g/mol. The summed E-state index contributed by atoms with van der Waals surface area (Å²) in [7, 11) is 0. The van der Waals surface area contributed by atoms with Crippen LogP contribution in [0, 0.1) is 19.3 Å². The largest absolute Gasteiger partial charge is 0.475 e. The number of nitrogens with zero attached hydrogens (tertiary/aromatic N) is 1. The first-order valence-corrected chi connectivity index (χ1v) is 4.03. The third-order valence-corrected chi connectivity index (χ3v) is 1.66. The molecule has 3 nitrogen and oxygen atoms in total. The zero-order valence-electron chi connectivity index (χ0n) is 7.58. The standard InChI is InChI=1S/C10H12N2O/c1-3-4-7-13-10-9(11)8(2)5-6-12-10/h1,5-6H,4,7,11H2,2H3. The van der Waals surface area contributed by atoms with E-state index in [4.69, 9.17) is 16.9 Å². The topological polar surface area (TPSA) is 48.1 Å². The maximum Gasteiger partial charge on any atom is 0.237 e. The second-order valence-electron chi connectivity index (χ2n) is 2.65. The Bertz CT molecular complexity index is 328. The van der Waals surface area contributed by atoms with E-state index >= 15 is 0 Å². The third kappa shape index (κ3) is 2.38. The van der Waals surface area contributed by atoms with Crippen LogP contribution in [0.3, 0.4) is 0 Å². The molecule has 0 amide bonds. The number of nitrogen functional groups attached to an aromatic ring is 1. The van der Waals surface area contributed by atoms with Crippen LogP contribution in [0.1, 0.15) is 12.0 Å². The Labute approximate surface area is 77.9 Å². The van der Waals surface area contributed by atoms with Gasteiger partial charge in [-0.15, -0.1) is 12.3 Å². The van der Waals surface area contributed by atoms with E-state index in [1.54, 1.807) is 6.20 Å². The molecule has 0 unspecified atom stereocenters. The maximum absolute atomic E-state index is 5.73. The van der Waals surface area contributed by atoms with Gasteiger partial charge >= 0.3 is 0 Å². The monoisotopic (exact) mass is 176 g/mol. The highest BCUT2D eigenvalue weighted by molar-refractivity contribution is 5.53. The molecule has 0 aliphatic heterocycles. The fraction of sp³-hybridized carbons (Fsp3) is 0.300. The SMILES string of the molecule is C#CCCOc1nccc(C)c1N. The van der Waals surface area contributed by atoms with Crippen molar-refractivity contribution in [2.45, 2.75) is 13.3 Å². The van der Waals surface area contributed by atoms with Crippen molar-refractivity contribution in [3.8, 4) is 18.2 Å². The van der Waals surface area contributed by atoms with Crippen LogP contribution in [0.5, 0.6) is 5.88 Å². The van der Waals surface area contributed by atoms with E-state index in [1.807, 2.05) is 13.0 Å². The Hall–Kier alpha value is -1.69. The number of hydrogen-bond acceptors (Lipinski definition) is 3. The Morgan fingerprint density at radius 3 is 3.15 bits per heavy atom. The molecule has 1 aromatic rings. The number of ether oxygens (including phenoxy) is 1. The Morgan fingerprint density at radius 1 is 1.69 bits per heavy atom. The smallest absolute Gasteiger partial charge is 0.237 e. The van der Waals surface area contributed by atoms with Crippen LogP contribution in [-0.4, -0.2) is 11.6 Å². The summed E-state index contributed by atoms with van der Waals surface area (Å²) in [6.45, 7) is 2.36. The van der Waals surface area contributed by atoms with Crippen molar-refractivity contribution >= 4 is 5.69 Å². The number of hydrogen-bond donors (Lipinski definition) is 1. The minimum absolute atomic E-state index is 0.456. The van der Waals surface area contributed by atoms with E-state index in [-0.39, 0.29) is 0 Å². The van der Waals surface area contributed by atoms with Crippen LogP contribution in [0.25, 0.3) is 0 Å². The second-order valence-corrected chi connectivity index (χ2v) is 2.65. The minimum atomic E-state index is 0.456. The van der Waals surface area contributed by atoms with Gasteiger partial charge < -0.3 is 10.5 Å². The van der Waals surface area contributed by atoms with Gasteiger partial charge in [-0.2, -0.15) is 0 Å². The van der Waals surface area contributed by atoms with Crippen molar-refractivity contribution < 1.29 is 4.74 Å². The van der Waals surface area contributed by atoms with Gasteiger partial charge in [0.2, 0.25) is 5.88 Å². The van der Waals surface area contributed by atoms with Crippen LogP contribution in [0.4, 0.5) is 5.69 Å². The van der Waals surface area contributed by atoms with Crippen LogP contribution in [-0.2, 0) is 0 Å². The first kappa shape index (κ1) is 9.40. The number of terminal acetylenes is 1. The summed E-state index contributed by atoms with van der Waals surface area (Å²) in [5.74, 6) is 2.95. The van der Waals surface area contributed by atoms with Crippen molar-refractivity contribution in [1.29, 1.82) is 0 Å².